The minimum absolute atomic E-state index is 0. The Bertz CT molecular complexity index is 827. The number of amides is 1. The fourth-order valence-electron chi connectivity index (χ4n) is 1.94. The van der Waals surface area contributed by atoms with E-state index in [2.05, 4.69) is 25.6 Å². The van der Waals surface area contributed by atoms with Crippen LogP contribution in [0.15, 0.2) is 40.4 Å². The summed E-state index contributed by atoms with van der Waals surface area (Å²) in [5, 5.41) is 15.2. The van der Waals surface area contributed by atoms with E-state index in [1.807, 2.05) is 30.3 Å². The minimum atomic E-state index is -2.80. The molecular weight excluding hydrogens is 350 g/mol. The number of nitrogens with one attached hydrogen (secondary N) is 1. The molecule has 3 N–H and O–H groups in total. The van der Waals surface area contributed by atoms with E-state index in [1.165, 1.54) is 11.3 Å². The molecule has 1 amide bonds. The monoisotopic (exact) mass is 366 g/mol. The highest BCUT2D eigenvalue weighted by molar-refractivity contribution is 7.14. The van der Waals surface area contributed by atoms with Gasteiger partial charge in [-0.1, -0.05) is 41.7 Å². The Morgan fingerprint density at radius 2 is 2.16 bits per heavy atom. The summed E-state index contributed by atoms with van der Waals surface area (Å²) < 4.78 is 25.5. The fraction of sp³-hybridized carbons (Fsp3) is 0.267. The Balaban J connectivity index is 0.00000243. The maximum absolute atomic E-state index is 12.8. The van der Waals surface area contributed by atoms with E-state index in [1.54, 1.807) is 0 Å². The number of benzene rings is 1. The van der Waals surface area contributed by atoms with Gasteiger partial charge < -0.3 is 11.2 Å². The van der Waals surface area contributed by atoms with Gasteiger partial charge in [0.2, 0.25) is 0 Å². The maximum Gasteiger partial charge on any atom is 0.273 e. The van der Waals surface area contributed by atoms with Crippen molar-refractivity contribution < 1.29 is 15.0 Å². The van der Waals surface area contributed by atoms with Gasteiger partial charge in [0.1, 0.15) is 16.1 Å². The summed E-state index contributed by atoms with van der Waals surface area (Å²) in [6, 6.07) is 8.40. The Morgan fingerprint density at radius 3 is 2.80 bits per heavy atom. The summed E-state index contributed by atoms with van der Waals surface area (Å²) in [6.07, 6.45) is 0.645. The third-order valence-electron chi connectivity index (χ3n) is 3.43. The quantitative estimate of drug-likeness (QED) is 0.462. The van der Waals surface area contributed by atoms with Crippen LogP contribution in [0.5, 0.6) is 0 Å². The third-order valence-corrected chi connectivity index (χ3v) is 4.40. The topological polar surface area (TPSA) is 106 Å². The number of aliphatic imine (C=N–C) groups is 1. The van der Waals surface area contributed by atoms with Crippen molar-refractivity contribution in [1.29, 1.82) is 0 Å². The van der Waals surface area contributed by atoms with Crippen molar-refractivity contribution in [2.75, 3.05) is 0 Å². The number of halogens is 2. The number of carbonyl (C=O) groups is 1. The molecule has 132 valence electrons. The predicted molar refractivity (Wildman–Crippen MR) is 92.8 cm³/mol. The minimum Gasteiger partial charge on any atom is -0.344 e. The molecular formula is C15H16F2N6OS. The van der Waals surface area contributed by atoms with Gasteiger partial charge in [-0.3, -0.25) is 9.79 Å². The molecule has 1 saturated carbocycles. The van der Waals surface area contributed by atoms with Crippen molar-refractivity contribution in [2.24, 2.45) is 15.9 Å². The van der Waals surface area contributed by atoms with Crippen LogP contribution in [0.2, 0.25) is 0 Å². The van der Waals surface area contributed by atoms with Crippen LogP contribution < -0.4 is 11.2 Å². The van der Waals surface area contributed by atoms with E-state index in [4.69, 9.17) is 5.84 Å². The SMILES string of the molecule is N/N=C(\C=NC1CC1(F)F)C(=O)NCc1nnc(-c2ccccc2)s1.[HH]. The Hall–Kier alpha value is -2.75. The van der Waals surface area contributed by atoms with Gasteiger partial charge in [-0.15, -0.1) is 10.2 Å². The van der Waals surface area contributed by atoms with Crippen molar-refractivity contribution in [1.82, 2.24) is 15.5 Å². The van der Waals surface area contributed by atoms with Gasteiger partial charge in [0.15, 0.2) is 5.71 Å². The second kappa shape index (κ2) is 7.01. The average Bonchev–Trinajstić information content (AvgIpc) is 3.01. The molecule has 1 aliphatic carbocycles. The molecule has 0 saturated heterocycles. The molecule has 25 heavy (non-hydrogen) atoms. The summed E-state index contributed by atoms with van der Waals surface area (Å²) in [6.45, 7) is 0.121. The van der Waals surface area contributed by atoms with E-state index < -0.39 is 17.9 Å². The van der Waals surface area contributed by atoms with Gasteiger partial charge in [-0.2, -0.15) is 5.10 Å². The Labute approximate surface area is 147 Å². The van der Waals surface area contributed by atoms with Crippen molar-refractivity contribution in [3.05, 3.63) is 35.3 Å². The molecule has 1 aromatic heterocycles. The number of nitrogens with zero attached hydrogens (tertiary/aromatic N) is 4. The van der Waals surface area contributed by atoms with Crippen LogP contribution in [-0.2, 0) is 11.3 Å². The van der Waals surface area contributed by atoms with Crippen LogP contribution in [-0.4, -0.2) is 40.0 Å². The lowest BCUT2D eigenvalue weighted by atomic mass is 10.2. The van der Waals surface area contributed by atoms with E-state index in [0.29, 0.717) is 5.01 Å². The lowest BCUT2D eigenvalue weighted by Gasteiger charge is -2.01. The molecule has 1 atom stereocenters. The summed E-state index contributed by atoms with van der Waals surface area (Å²) in [4.78, 5) is 15.6. The normalized spacial score (nSPS) is 19.1. The molecule has 0 radical (unpaired) electrons. The molecule has 1 aliphatic rings. The molecule has 7 nitrogen and oxygen atoms in total. The first-order valence-electron chi connectivity index (χ1n) is 7.34. The van der Waals surface area contributed by atoms with Crippen molar-refractivity contribution >= 4 is 29.2 Å². The summed E-state index contributed by atoms with van der Waals surface area (Å²) in [5.41, 5.74) is 0.703. The second-order valence-electron chi connectivity index (χ2n) is 5.32. The first-order valence-corrected chi connectivity index (χ1v) is 8.16. The van der Waals surface area contributed by atoms with Crippen LogP contribution in [0.1, 0.15) is 12.9 Å². The first kappa shape index (κ1) is 17.1. The Kier molecular flexibility index (Phi) is 4.79. The zero-order chi connectivity index (χ0) is 17.9. The maximum atomic E-state index is 12.8. The van der Waals surface area contributed by atoms with Gasteiger partial charge in [-0.25, -0.2) is 8.78 Å². The summed E-state index contributed by atoms with van der Waals surface area (Å²) in [7, 11) is 0. The highest BCUT2D eigenvalue weighted by atomic mass is 32.1. The van der Waals surface area contributed by atoms with Gasteiger partial charge in [0.05, 0.1) is 12.8 Å². The predicted octanol–water partition coefficient (Wildman–Crippen LogP) is 1.86. The van der Waals surface area contributed by atoms with Crippen LogP contribution in [0.25, 0.3) is 10.6 Å². The van der Waals surface area contributed by atoms with Crippen LogP contribution >= 0.6 is 11.3 Å². The van der Waals surface area contributed by atoms with E-state index >= 15 is 0 Å². The third kappa shape index (κ3) is 4.21. The lowest BCUT2D eigenvalue weighted by molar-refractivity contribution is -0.114. The standard InChI is InChI=1S/C15H14F2N6OS.H2/c16-15(17)6-11(15)19-7-10(21-18)13(24)20-8-12-22-23-14(25-12)9-4-2-1-3-5-9;/h1-5,7,11H,6,8,18H2,(H,20,24);1H/b19-7?,21-10+;. The first-order chi connectivity index (χ1) is 12.0. The molecule has 0 aliphatic heterocycles. The number of aromatic nitrogens is 2. The van der Waals surface area contributed by atoms with Gasteiger partial charge in [0.25, 0.3) is 11.8 Å². The molecule has 10 heteroatoms. The molecule has 1 fully saturated rings. The lowest BCUT2D eigenvalue weighted by Crippen LogP contribution is -2.32. The molecule has 3 rings (SSSR count). The fourth-order valence-corrected chi connectivity index (χ4v) is 2.73. The van der Waals surface area contributed by atoms with Crippen molar-refractivity contribution in [3.63, 3.8) is 0 Å². The van der Waals surface area contributed by atoms with Crippen LogP contribution in [0, 0.1) is 0 Å². The smallest absolute Gasteiger partial charge is 0.273 e. The molecule has 2 aromatic rings. The summed E-state index contributed by atoms with van der Waals surface area (Å²) >= 11 is 1.33. The molecule has 1 unspecified atom stereocenters. The van der Waals surface area contributed by atoms with E-state index in [9.17, 15) is 13.6 Å². The van der Waals surface area contributed by atoms with Crippen LogP contribution in [0.4, 0.5) is 8.78 Å². The molecule has 1 aromatic carbocycles. The van der Waals surface area contributed by atoms with Crippen molar-refractivity contribution in [3.8, 4) is 10.6 Å². The number of hydrogen-bond donors (Lipinski definition) is 2. The number of rotatable bonds is 6. The zero-order valence-electron chi connectivity index (χ0n) is 12.9. The highest BCUT2D eigenvalue weighted by Crippen LogP contribution is 2.44. The van der Waals surface area contributed by atoms with E-state index in [0.717, 1.165) is 16.8 Å². The average molecular weight is 366 g/mol. The molecule has 0 spiro atoms. The largest absolute Gasteiger partial charge is 0.344 e. The molecule has 0 bridgehead atoms. The number of hydrogen-bond acceptors (Lipinski definition) is 7. The van der Waals surface area contributed by atoms with Gasteiger partial charge >= 0.3 is 0 Å². The van der Waals surface area contributed by atoms with Crippen LogP contribution in [0.3, 0.4) is 0 Å². The number of nitrogens with two attached hydrogens (primary N) is 1. The molecule has 1 heterocycles. The van der Waals surface area contributed by atoms with Crippen molar-refractivity contribution in [2.45, 2.75) is 24.9 Å². The second-order valence-corrected chi connectivity index (χ2v) is 6.39. The van der Waals surface area contributed by atoms with Gasteiger partial charge in [0, 0.05) is 13.4 Å². The number of hydrazone groups is 1. The number of carbonyl (C=O) groups excluding carboxylic acids is 1. The number of alkyl halides is 2. The Morgan fingerprint density at radius 1 is 1.44 bits per heavy atom. The van der Waals surface area contributed by atoms with Gasteiger partial charge in [-0.05, 0) is 0 Å². The zero-order valence-corrected chi connectivity index (χ0v) is 13.7. The van der Waals surface area contributed by atoms with E-state index in [-0.39, 0.29) is 20.1 Å². The highest BCUT2D eigenvalue weighted by Gasteiger charge is 2.57. The summed E-state index contributed by atoms with van der Waals surface area (Å²) in [5.74, 6) is 1.70.